The molecule has 0 bridgehead atoms. The Balaban J connectivity index is 1.67. The molecule has 3 rings (SSSR count). The molecule has 0 saturated carbocycles. The molecular weight excluding hydrogens is 320 g/mol. The van der Waals surface area contributed by atoms with E-state index in [1.807, 2.05) is 30.3 Å². The van der Waals surface area contributed by atoms with E-state index in [4.69, 9.17) is 0 Å². The summed E-state index contributed by atoms with van der Waals surface area (Å²) >= 11 is 1.49. The largest absolute Gasteiger partial charge is 0.351 e. The van der Waals surface area contributed by atoms with Gasteiger partial charge in [-0.2, -0.15) is 0 Å². The number of amides is 2. The molecular formula is C19H20N2O2S. The predicted molar refractivity (Wildman–Crippen MR) is 97.6 cm³/mol. The Hall–Kier alpha value is -2.27. The van der Waals surface area contributed by atoms with Crippen LogP contribution in [0.15, 0.2) is 53.4 Å². The highest BCUT2D eigenvalue weighted by atomic mass is 32.2. The first kappa shape index (κ1) is 16.6. The van der Waals surface area contributed by atoms with Crippen LogP contribution in [-0.2, 0) is 4.79 Å². The zero-order valence-corrected chi connectivity index (χ0v) is 14.4. The number of carbonyl (C=O) groups is 2. The Kier molecular flexibility index (Phi) is 5.20. The van der Waals surface area contributed by atoms with E-state index in [0.717, 1.165) is 17.0 Å². The molecule has 0 spiro atoms. The van der Waals surface area contributed by atoms with Crippen LogP contribution in [0.5, 0.6) is 0 Å². The SMILES string of the molecule is CC[C@@H](CNC(=O)c1ccc2c(c1)NC(=O)CS2)c1ccccc1. The first-order valence-electron chi connectivity index (χ1n) is 8.07. The van der Waals surface area contributed by atoms with Crippen molar-refractivity contribution in [3.63, 3.8) is 0 Å². The van der Waals surface area contributed by atoms with Gasteiger partial charge in [0, 0.05) is 22.9 Å². The van der Waals surface area contributed by atoms with Crippen LogP contribution in [0.1, 0.15) is 35.2 Å². The molecule has 0 aliphatic carbocycles. The average Bonchev–Trinajstić information content (AvgIpc) is 2.62. The zero-order chi connectivity index (χ0) is 16.9. The number of benzene rings is 2. The molecule has 124 valence electrons. The number of hydrogen-bond acceptors (Lipinski definition) is 3. The quantitative estimate of drug-likeness (QED) is 0.873. The fraction of sp³-hybridized carbons (Fsp3) is 0.263. The molecule has 2 amide bonds. The molecule has 0 unspecified atom stereocenters. The second-order valence-corrected chi connectivity index (χ2v) is 6.79. The summed E-state index contributed by atoms with van der Waals surface area (Å²) in [5.74, 6) is 0.577. The van der Waals surface area contributed by atoms with Crippen molar-refractivity contribution in [1.82, 2.24) is 5.32 Å². The minimum atomic E-state index is -0.114. The molecule has 2 aromatic rings. The Bertz CT molecular complexity index is 746. The normalized spacial score (nSPS) is 14.5. The molecule has 0 saturated heterocycles. The van der Waals surface area contributed by atoms with E-state index < -0.39 is 0 Å². The van der Waals surface area contributed by atoms with Crippen molar-refractivity contribution in [3.05, 3.63) is 59.7 Å². The maximum atomic E-state index is 12.4. The van der Waals surface area contributed by atoms with Gasteiger partial charge in [-0.15, -0.1) is 11.8 Å². The van der Waals surface area contributed by atoms with Crippen LogP contribution >= 0.6 is 11.8 Å². The lowest BCUT2D eigenvalue weighted by molar-refractivity contribution is -0.113. The highest BCUT2D eigenvalue weighted by molar-refractivity contribution is 8.00. The monoisotopic (exact) mass is 340 g/mol. The number of hydrogen-bond donors (Lipinski definition) is 2. The highest BCUT2D eigenvalue weighted by Gasteiger charge is 2.18. The number of nitrogens with one attached hydrogen (secondary N) is 2. The molecule has 4 nitrogen and oxygen atoms in total. The van der Waals surface area contributed by atoms with Gasteiger partial charge in [0.15, 0.2) is 0 Å². The third-order valence-corrected chi connectivity index (χ3v) is 5.22. The average molecular weight is 340 g/mol. The zero-order valence-electron chi connectivity index (χ0n) is 13.5. The molecule has 1 heterocycles. The number of carbonyl (C=O) groups excluding carboxylic acids is 2. The second-order valence-electron chi connectivity index (χ2n) is 5.77. The van der Waals surface area contributed by atoms with Crippen molar-refractivity contribution in [2.24, 2.45) is 0 Å². The van der Waals surface area contributed by atoms with Crippen LogP contribution < -0.4 is 10.6 Å². The third-order valence-electron chi connectivity index (χ3n) is 4.15. The molecule has 24 heavy (non-hydrogen) atoms. The van der Waals surface area contributed by atoms with E-state index in [0.29, 0.717) is 23.8 Å². The highest BCUT2D eigenvalue weighted by Crippen LogP contribution is 2.32. The summed E-state index contributed by atoms with van der Waals surface area (Å²) in [6.45, 7) is 2.72. The molecule has 1 aliphatic rings. The van der Waals surface area contributed by atoms with E-state index >= 15 is 0 Å². The van der Waals surface area contributed by atoms with Crippen molar-refractivity contribution in [2.75, 3.05) is 17.6 Å². The van der Waals surface area contributed by atoms with Gasteiger partial charge in [-0.25, -0.2) is 0 Å². The molecule has 1 atom stereocenters. The summed E-state index contributed by atoms with van der Waals surface area (Å²) in [6, 6.07) is 15.7. The summed E-state index contributed by atoms with van der Waals surface area (Å²) < 4.78 is 0. The van der Waals surface area contributed by atoms with Gasteiger partial charge in [0.25, 0.3) is 5.91 Å². The maximum absolute atomic E-state index is 12.4. The smallest absolute Gasteiger partial charge is 0.251 e. The lowest BCUT2D eigenvalue weighted by Crippen LogP contribution is -2.28. The fourth-order valence-electron chi connectivity index (χ4n) is 2.77. The molecule has 0 aromatic heterocycles. The number of thioether (sulfide) groups is 1. The van der Waals surface area contributed by atoms with Gasteiger partial charge in [0.05, 0.1) is 11.4 Å². The van der Waals surface area contributed by atoms with Crippen molar-refractivity contribution in [2.45, 2.75) is 24.2 Å². The molecule has 2 aromatic carbocycles. The Labute approximate surface area is 146 Å². The van der Waals surface area contributed by atoms with Crippen LogP contribution in [0, 0.1) is 0 Å². The van der Waals surface area contributed by atoms with Crippen LogP contribution in [0.2, 0.25) is 0 Å². The lowest BCUT2D eigenvalue weighted by atomic mass is 9.96. The van der Waals surface area contributed by atoms with Crippen molar-refractivity contribution < 1.29 is 9.59 Å². The van der Waals surface area contributed by atoms with E-state index in [1.54, 1.807) is 6.07 Å². The van der Waals surface area contributed by atoms with Crippen LogP contribution in [-0.4, -0.2) is 24.1 Å². The molecule has 5 heteroatoms. The van der Waals surface area contributed by atoms with E-state index in [9.17, 15) is 9.59 Å². The summed E-state index contributed by atoms with van der Waals surface area (Å²) in [4.78, 5) is 24.9. The van der Waals surface area contributed by atoms with Crippen molar-refractivity contribution in [3.8, 4) is 0 Å². The number of rotatable bonds is 5. The maximum Gasteiger partial charge on any atom is 0.251 e. The van der Waals surface area contributed by atoms with Crippen molar-refractivity contribution in [1.29, 1.82) is 0 Å². The van der Waals surface area contributed by atoms with Crippen molar-refractivity contribution >= 4 is 29.3 Å². The minimum absolute atomic E-state index is 0.0276. The Morgan fingerprint density at radius 3 is 2.79 bits per heavy atom. The number of fused-ring (bicyclic) bond motifs is 1. The molecule has 0 fully saturated rings. The summed E-state index contributed by atoms with van der Waals surface area (Å²) in [5, 5.41) is 5.83. The fourth-order valence-corrected chi connectivity index (χ4v) is 3.55. The first-order valence-corrected chi connectivity index (χ1v) is 9.05. The van der Waals surface area contributed by atoms with Crippen LogP contribution in [0.25, 0.3) is 0 Å². The van der Waals surface area contributed by atoms with Gasteiger partial charge >= 0.3 is 0 Å². The van der Waals surface area contributed by atoms with Gasteiger partial charge in [-0.1, -0.05) is 37.3 Å². The number of anilines is 1. The second kappa shape index (κ2) is 7.53. The topological polar surface area (TPSA) is 58.2 Å². The van der Waals surface area contributed by atoms with Crippen LogP contribution in [0.4, 0.5) is 5.69 Å². The minimum Gasteiger partial charge on any atom is -0.351 e. The van der Waals surface area contributed by atoms with Gasteiger partial charge < -0.3 is 10.6 Å². The third kappa shape index (κ3) is 3.79. The van der Waals surface area contributed by atoms with E-state index in [-0.39, 0.29) is 11.8 Å². The van der Waals surface area contributed by atoms with Gasteiger partial charge in [0.1, 0.15) is 0 Å². The molecule has 1 aliphatic heterocycles. The van der Waals surface area contributed by atoms with Gasteiger partial charge in [-0.3, -0.25) is 9.59 Å². The Morgan fingerprint density at radius 1 is 1.25 bits per heavy atom. The molecule has 0 radical (unpaired) electrons. The van der Waals surface area contributed by atoms with Gasteiger partial charge in [-0.05, 0) is 30.2 Å². The first-order chi connectivity index (χ1) is 11.7. The van der Waals surface area contributed by atoms with Gasteiger partial charge in [0.2, 0.25) is 5.91 Å². The predicted octanol–water partition coefficient (Wildman–Crippen LogP) is 3.65. The standard InChI is InChI=1S/C19H20N2O2S/c1-2-13(14-6-4-3-5-7-14)11-20-19(23)15-8-9-17-16(10-15)21-18(22)12-24-17/h3-10,13H,2,11-12H2,1H3,(H,20,23)(H,21,22)/t13-/m0/s1. The summed E-state index contributed by atoms with van der Waals surface area (Å²) in [6.07, 6.45) is 0.960. The van der Waals surface area contributed by atoms with E-state index in [2.05, 4.69) is 29.7 Å². The summed E-state index contributed by atoms with van der Waals surface area (Å²) in [7, 11) is 0. The van der Waals surface area contributed by atoms with E-state index in [1.165, 1.54) is 17.3 Å². The Morgan fingerprint density at radius 2 is 2.04 bits per heavy atom. The lowest BCUT2D eigenvalue weighted by Gasteiger charge is -2.18. The molecule has 2 N–H and O–H groups in total. The van der Waals surface area contributed by atoms with Crippen LogP contribution in [0.3, 0.4) is 0 Å². The summed E-state index contributed by atoms with van der Waals surface area (Å²) in [5.41, 5.74) is 2.52.